The Kier molecular flexibility index (Phi) is 8.80. The van der Waals surface area contributed by atoms with Crippen LogP contribution in [0.1, 0.15) is 29.7 Å². The number of hydrogen-bond acceptors (Lipinski definition) is 7. The molecular formula is C36H30FN3O5S. The van der Waals surface area contributed by atoms with Gasteiger partial charge in [0.25, 0.3) is 11.5 Å². The lowest BCUT2D eigenvalue weighted by atomic mass is 9.95. The number of methoxy groups -OCH3 is 2. The zero-order valence-electron chi connectivity index (χ0n) is 25.3. The van der Waals surface area contributed by atoms with Crippen molar-refractivity contribution < 1.29 is 23.4 Å². The van der Waals surface area contributed by atoms with E-state index in [1.165, 1.54) is 24.5 Å². The summed E-state index contributed by atoms with van der Waals surface area (Å²) in [5.74, 6) is 0.830. The number of anilines is 1. The zero-order chi connectivity index (χ0) is 32.2. The Morgan fingerprint density at radius 3 is 2.41 bits per heavy atom. The number of thiazole rings is 1. The number of ether oxygens (including phenoxy) is 3. The van der Waals surface area contributed by atoms with Gasteiger partial charge in [-0.3, -0.25) is 14.2 Å². The maximum Gasteiger partial charge on any atom is 0.271 e. The quantitative estimate of drug-likeness (QED) is 0.228. The molecule has 8 nitrogen and oxygen atoms in total. The lowest BCUT2D eigenvalue weighted by molar-refractivity contribution is -0.113. The van der Waals surface area contributed by atoms with E-state index in [0.717, 1.165) is 5.56 Å². The molecule has 0 aliphatic carbocycles. The highest BCUT2D eigenvalue weighted by Gasteiger charge is 2.32. The van der Waals surface area contributed by atoms with Crippen LogP contribution in [0.4, 0.5) is 10.1 Å². The van der Waals surface area contributed by atoms with Crippen molar-refractivity contribution in [2.45, 2.75) is 19.6 Å². The average molecular weight is 636 g/mol. The normalized spacial score (nSPS) is 14.3. The van der Waals surface area contributed by atoms with Crippen LogP contribution in [0.2, 0.25) is 0 Å². The molecule has 0 bridgehead atoms. The number of carbonyl (C=O) groups is 1. The Labute approximate surface area is 268 Å². The Balaban J connectivity index is 1.38. The van der Waals surface area contributed by atoms with E-state index in [4.69, 9.17) is 19.2 Å². The number of fused-ring (bicyclic) bond motifs is 1. The number of halogens is 1. The Bertz CT molecular complexity index is 2120. The van der Waals surface area contributed by atoms with Gasteiger partial charge in [-0.05, 0) is 66.6 Å². The summed E-state index contributed by atoms with van der Waals surface area (Å²) >= 11 is 1.24. The predicted octanol–water partition coefficient (Wildman–Crippen LogP) is 5.61. The number of carbonyl (C=O) groups excluding carboxylic acids is 1. The minimum Gasteiger partial charge on any atom is -0.497 e. The molecule has 232 valence electrons. The molecule has 0 saturated heterocycles. The predicted molar refractivity (Wildman–Crippen MR) is 176 cm³/mol. The second-order valence-corrected chi connectivity index (χ2v) is 11.5. The summed E-state index contributed by atoms with van der Waals surface area (Å²) < 4.78 is 32.8. The number of hydrogen-bond donors (Lipinski definition) is 1. The van der Waals surface area contributed by atoms with Gasteiger partial charge in [-0.25, -0.2) is 9.38 Å². The summed E-state index contributed by atoms with van der Waals surface area (Å²) in [6.07, 6.45) is 1.75. The second kappa shape index (κ2) is 13.3. The van der Waals surface area contributed by atoms with Gasteiger partial charge < -0.3 is 19.5 Å². The molecule has 0 radical (unpaired) electrons. The third-order valence-corrected chi connectivity index (χ3v) is 8.54. The van der Waals surface area contributed by atoms with Crippen molar-refractivity contribution in [3.63, 3.8) is 0 Å². The van der Waals surface area contributed by atoms with E-state index < -0.39 is 6.04 Å². The van der Waals surface area contributed by atoms with Crippen LogP contribution in [0.15, 0.2) is 118 Å². The first-order valence-corrected chi connectivity index (χ1v) is 15.2. The van der Waals surface area contributed by atoms with E-state index in [0.29, 0.717) is 54.7 Å². The van der Waals surface area contributed by atoms with Crippen molar-refractivity contribution in [2.24, 2.45) is 4.99 Å². The molecule has 0 saturated carbocycles. The van der Waals surface area contributed by atoms with Crippen LogP contribution >= 0.6 is 11.3 Å². The summed E-state index contributed by atoms with van der Waals surface area (Å²) in [6, 6.07) is 27.4. The van der Waals surface area contributed by atoms with Crippen LogP contribution in [0, 0.1) is 5.82 Å². The van der Waals surface area contributed by atoms with Gasteiger partial charge in [-0.2, -0.15) is 0 Å². The maximum atomic E-state index is 14.1. The van der Waals surface area contributed by atoms with E-state index >= 15 is 0 Å². The number of nitrogens with zero attached hydrogens (tertiary/aromatic N) is 2. The fraction of sp³-hybridized carbons (Fsp3) is 0.139. The van der Waals surface area contributed by atoms with E-state index in [1.807, 2.05) is 30.3 Å². The van der Waals surface area contributed by atoms with E-state index in [9.17, 15) is 14.0 Å². The molecule has 0 spiro atoms. The second-order valence-electron chi connectivity index (χ2n) is 10.5. The highest BCUT2D eigenvalue weighted by Crippen LogP contribution is 2.32. The SMILES string of the molecule is COc1ccc([C@H]2C(C(=O)Nc3ccccc3)=C(C)N=c3s/c(=C/c4ccc(OCc5ccccc5F)c(OC)c4)c(=O)n32)cc1. The van der Waals surface area contributed by atoms with Crippen LogP contribution < -0.4 is 34.4 Å². The molecule has 1 atom stereocenters. The molecule has 5 aromatic rings. The number of amides is 1. The topological polar surface area (TPSA) is 91.2 Å². The molecule has 1 aromatic heterocycles. The molecule has 46 heavy (non-hydrogen) atoms. The van der Waals surface area contributed by atoms with Crippen LogP contribution in [0.5, 0.6) is 17.2 Å². The number of rotatable bonds is 9. The molecule has 6 rings (SSSR count). The molecule has 0 fully saturated rings. The molecule has 1 aliphatic rings. The number of aromatic nitrogens is 1. The smallest absolute Gasteiger partial charge is 0.271 e. The van der Waals surface area contributed by atoms with Crippen molar-refractivity contribution in [2.75, 3.05) is 19.5 Å². The number of allylic oxidation sites excluding steroid dienone is 1. The lowest BCUT2D eigenvalue weighted by Gasteiger charge is -2.25. The molecule has 1 aliphatic heterocycles. The highest BCUT2D eigenvalue weighted by atomic mass is 32.1. The molecule has 1 amide bonds. The van der Waals surface area contributed by atoms with Gasteiger partial charge in [0.2, 0.25) is 0 Å². The van der Waals surface area contributed by atoms with E-state index in [2.05, 4.69) is 5.32 Å². The fourth-order valence-electron chi connectivity index (χ4n) is 5.25. The summed E-state index contributed by atoms with van der Waals surface area (Å²) in [7, 11) is 3.10. The lowest BCUT2D eigenvalue weighted by Crippen LogP contribution is -2.40. The zero-order valence-corrected chi connectivity index (χ0v) is 26.1. The van der Waals surface area contributed by atoms with Gasteiger partial charge in [0.05, 0.1) is 36.1 Å². The Morgan fingerprint density at radius 2 is 1.70 bits per heavy atom. The Hall–Kier alpha value is -5.48. The molecule has 10 heteroatoms. The van der Waals surface area contributed by atoms with Crippen LogP contribution in [-0.4, -0.2) is 24.7 Å². The van der Waals surface area contributed by atoms with E-state index in [1.54, 1.807) is 85.3 Å². The number of benzene rings is 4. The van der Waals surface area contributed by atoms with Crippen molar-refractivity contribution in [3.8, 4) is 17.2 Å². The minimum absolute atomic E-state index is 0.0336. The first-order valence-electron chi connectivity index (χ1n) is 14.4. The van der Waals surface area contributed by atoms with Gasteiger partial charge in [0.15, 0.2) is 16.3 Å². The van der Waals surface area contributed by atoms with Gasteiger partial charge in [-0.1, -0.05) is 65.9 Å². The first-order chi connectivity index (χ1) is 22.4. The minimum atomic E-state index is -0.725. The third-order valence-electron chi connectivity index (χ3n) is 7.56. The fourth-order valence-corrected chi connectivity index (χ4v) is 6.30. The van der Waals surface area contributed by atoms with Gasteiger partial charge in [0.1, 0.15) is 18.2 Å². The maximum absolute atomic E-state index is 14.1. The average Bonchev–Trinajstić information content (AvgIpc) is 3.38. The molecule has 2 heterocycles. The Morgan fingerprint density at radius 1 is 0.957 bits per heavy atom. The standard InChI is InChI=1S/C36H30FN3O5S/c1-22-32(34(41)39-26-10-5-4-6-11-26)33(24-14-16-27(43-2)17-15-24)40-35(42)31(46-36(40)38-22)20-23-13-18-29(30(19-23)44-3)45-21-25-9-7-8-12-28(25)37/h4-20,33H,21H2,1-3H3,(H,39,41)/b31-20+/t33-/m0/s1. The van der Waals surface area contributed by atoms with Crippen LogP contribution in [0.3, 0.4) is 0 Å². The van der Waals surface area contributed by atoms with Crippen LogP contribution in [-0.2, 0) is 11.4 Å². The van der Waals surface area contributed by atoms with Crippen molar-refractivity contribution >= 4 is 29.0 Å². The third kappa shape index (κ3) is 6.20. The van der Waals surface area contributed by atoms with Gasteiger partial charge in [0, 0.05) is 11.3 Å². The van der Waals surface area contributed by atoms with Crippen molar-refractivity contribution in [3.05, 3.63) is 151 Å². The van der Waals surface area contributed by atoms with Crippen molar-refractivity contribution in [1.29, 1.82) is 0 Å². The largest absolute Gasteiger partial charge is 0.497 e. The van der Waals surface area contributed by atoms with Gasteiger partial charge >= 0.3 is 0 Å². The summed E-state index contributed by atoms with van der Waals surface area (Å²) in [4.78, 5) is 33.0. The van der Waals surface area contributed by atoms with Crippen LogP contribution in [0.25, 0.3) is 6.08 Å². The molecule has 4 aromatic carbocycles. The first kappa shape index (κ1) is 30.5. The van der Waals surface area contributed by atoms with Gasteiger partial charge in [-0.15, -0.1) is 0 Å². The molecular weight excluding hydrogens is 605 g/mol. The highest BCUT2D eigenvalue weighted by molar-refractivity contribution is 7.07. The van der Waals surface area contributed by atoms with Crippen molar-refractivity contribution in [1.82, 2.24) is 4.57 Å². The number of para-hydroxylation sites is 1. The summed E-state index contributed by atoms with van der Waals surface area (Å²) in [6.45, 7) is 1.81. The molecule has 0 unspecified atom stereocenters. The summed E-state index contributed by atoms with van der Waals surface area (Å²) in [5.41, 5.74) is 3.08. The van der Waals surface area contributed by atoms with E-state index in [-0.39, 0.29) is 23.9 Å². The monoisotopic (exact) mass is 635 g/mol. The molecule has 1 N–H and O–H groups in total. The summed E-state index contributed by atoms with van der Waals surface area (Å²) in [5, 5.41) is 2.96. The number of nitrogens with one attached hydrogen (secondary N) is 1.